The third kappa shape index (κ3) is 8.56. The highest BCUT2D eigenvalue weighted by molar-refractivity contribution is 7.63. The first-order valence-electron chi connectivity index (χ1n) is 17.1. The monoisotopic (exact) mass is 666 g/mol. The molecule has 0 N–H and O–H groups in total. The van der Waals surface area contributed by atoms with Gasteiger partial charge in [0.25, 0.3) is 0 Å². The fourth-order valence-electron chi connectivity index (χ4n) is 7.16. The van der Waals surface area contributed by atoms with Crippen LogP contribution < -0.4 is 19.7 Å². The van der Waals surface area contributed by atoms with Crippen LogP contribution in [0.2, 0.25) is 0 Å². The Labute approximate surface area is 276 Å². The molecule has 250 valence electrons. The second kappa shape index (κ2) is 15.2. The Hall–Kier alpha value is -2.36. The van der Waals surface area contributed by atoms with Crippen LogP contribution in [0.4, 0.5) is 0 Å². The van der Waals surface area contributed by atoms with Crippen LogP contribution in [-0.2, 0) is 18.2 Å². The van der Waals surface area contributed by atoms with Crippen molar-refractivity contribution in [3.63, 3.8) is 0 Å². The van der Waals surface area contributed by atoms with Gasteiger partial charge in [-0.05, 0) is 110 Å². The van der Waals surface area contributed by atoms with E-state index in [0.29, 0.717) is 57.6 Å². The molecule has 2 saturated carbocycles. The Balaban J connectivity index is 1.39. The molecular formula is C38H52O6P2. The van der Waals surface area contributed by atoms with Gasteiger partial charge < -0.3 is 9.05 Å². The number of hydrogen-bond donors (Lipinski definition) is 0. The Morgan fingerprint density at radius 3 is 1.22 bits per heavy atom. The van der Waals surface area contributed by atoms with Crippen LogP contribution in [0.25, 0.3) is 0 Å². The van der Waals surface area contributed by atoms with Crippen LogP contribution >= 0.6 is 15.2 Å². The van der Waals surface area contributed by atoms with Crippen LogP contribution in [0, 0.1) is 35.5 Å². The minimum absolute atomic E-state index is 0.163. The summed E-state index contributed by atoms with van der Waals surface area (Å²) >= 11 is 0. The molecule has 0 heterocycles. The molecule has 2 aliphatic rings. The first kappa shape index (κ1) is 35.0. The molecule has 3 aromatic rings. The first-order valence-corrected chi connectivity index (χ1v) is 20.2. The third-order valence-corrected chi connectivity index (χ3v) is 13.8. The van der Waals surface area contributed by atoms with Crippen molar-refractivity contribution < 1.29 is 27.2 Å². The molecule has 2 aliphatic carbocycles. The summed E-state index contributed by atoms with van der Waals surface area (Å²) in [5.41, 5.74) is 0. The molecule has 0 radical (unpaired) electrons. The van der Waals surface area contributed by atoms with Gasteiger partial charge in [0, 0.05) is 0 Å². The molecule has 8 heteroatoms. The molecule has 46 heavy (non-hydrogen) atoms. The lowest BCUT2D eigenvalue weighted by molar-refractivity contribution is 0.0408. The molecule has 0 amide bonds. The maximum Gasteiger partial charge on any atom is 0.411 e. The Morgan fingerprint density at radius 2 is 0.891 bits per heavy atom. The molecule has 0 spiro atoms. The minimum atomic E-state index is -3.74. The van der Waals surface area contributed by atoms with Crippen molar-refractivity contribution in [2.75, 3.05) is 0 Å². The van der Waals surface area contributed by atoms with E-state index >= 15 is 0 Å². The summed E-state index contributed by atoms with van der Waals surface area (Å²) in [4.78, 5) is 0. The van der Waals surface area contributed by atoms with Crippen molar-refractivity contribution >= 4 is 25.8 Å². The lowest BCUT2D eigenvalue weighted by Gasteiger charge is -2.38. The zero-order valence-electron chi connectivity index (χ0n) is 28.3. The maximum absolute atomic E-state index is 14.6. The van der Waals surface area contributed by atoms with E-state index in [1.807, 2.05) is 36.4 Å². The molecule has 5 rings (SSSR count). The predicted octanol–water partition coefficient (Wildman–Crippen LogP) is 10.4. The Bertz CT molecular complexity index is 1360. The van der Waals surface area contributed by atoms with Crippen LogP contribution in [0.15, 0.2) is 84.9 Å². The highest BCUT2D eigenvalue weighted by Gasteiger charge is 2.41. The van der Waals surface area contributed by atoms with E-state index in [2.05, 4.69) is 41.5 Å². The van der Waals surface area contributed by atoms with Crippen molar-refractivity contribution in [2.45, 2.75) is 92.3 Å². The highest BCUT2D eigenvalue weighted by Crippen LogP contribution is 2.54. The van der Waals surface area contributed by atoms with E-state index in [1.54, 1.807) is 48.5 Å². The third-order valence-electron chi connectivity index (χ3n) is 9.89. The second-order valence-corrected chi connectivity index (χ2v) is 18.1. The van der Waals surface area contributed by atoms with Gasteiger partial charge in [0.1, 0.15) is 11.5 Å². The molecule has 8 atom stereocenters. The molecule has 3 aromatic carbocycles. The van der Waals surface area contributed by atoms with Gasteiger partial charge in [0.2, 0.25) is 0 Å². The molecule has 6 nitrogen and oxygen atoms in total. The van der Waals surface area contributed by atoms with Crippen LogP contribution in [0.5, 0.6) is 11.5 Å². The summed E-state index contributed by atoms with van der Waals surface area (Å²) in [5.74, 6) is 3.21. The first-order chi connectivity index (χ1) is 22.0. The molecule has 0 unspecified atom stereocenters. The summed E-state index contributed by atoms with van der Waals surface area (Å²) in [6, 6.07) is 25.2. The van der Waals surface area contributed by atoms with E-state index in [9.17, 15) is 9.13 Å². The zero-order chi connectivity index (χ0) is 32.9. The summed E-state index contributed by atoms with van der Waals surface area (Å²) in [6.07, 6.45) is 5.76. The number of benzene rings is 3. The summed E-state index contributed by atoms with van der Waals surface area (Å²) in [5, 5.41) is 1.05. The zero-order valence-corrected chi connectivity index (χ0v) is 30.1. The average molecular weight is 667 g/mol. The Morgan fingerprint density at radius 1 is 0.543 bits per heavy atom. The molecule has 0 aliphatic heterocycles. The Kier molecular flexibility index (Phi) is 11.6. The second-order valence-electron chi connectivity index (χ2n) is 14.3. The van der Waals surface area contributed by atoms with Gasteiger partial charge in [-0.15, -0.1) is 0 Å². The van der Waals surface area contributed by atoms with Gasteiger partial charge >= 0.3 is 15.2 Å². The lowest BCUT2D eigenvalue weighted by atomic mass is 9.75. The van der Waals surface area contributed by atoms with E-state index in [-0.39, 0.29) is 12.2 Å². The van der Waals surface area contributed by atoms with Crippen molar-refractivity contribution in [1.82, 2.24) is 0 Å². The van der Waals surface area contributed by atoms with Gasteiger partial charge in [-0.3, -0.25) is 9.05 Å². The van der Waals surface area contributed by atoms with E-state index in [0.717, 1.165) is 38.5 Å². The molecule has 0 bridgehead atoms. The normalized spacial score (nSPS) is 27.9. The topological polar surface area (TPSA) is 71.1 Å². The SMILES string of the molecule is CC(C)[C@@H]1CC[C@@H](C)C[C@H]1O[P@@](=O)(Oc1ccc(O[P@](=O)(O[C@@H]2C[C@H](C)CC[C@H]2C(C)C)c2ccccc2)cc1)c1ccccc1. The number of hydrogen-bond acceptors (Lipinski definition) is 6. The van der Waals surface area contributed by atoms with Gasteiger partial charge in [-0.2, -0.15) is 0 Å². The van der Waals surface area contributed by atoms with Crippen LogP contribution in [0.1, 0.15) is 80.1 Å². The standard InChI is InChI=1S/C38H52O6P2/c1-27(2)35-23-17-29(5)25-37(35)43-45(39,33-13-9-7-10-14-33)41-31-19-21-32(22-20-31)42-46(40,34-15-11-8-12-16-34)44-38-26-30(6)18-24-36(38)28(3)4/h7-16,19-22,27-30,35-38H,17-18,23-26H2,1-6H3/t29-,30-,35+,36+,37-,38-,45+,46+/m1/s1. The maximum atomic E-state index is 14.6. The minimum Gasteiger partial charge on any atom is -0.421 e. The van der Waals surface area contributed by atoms with Gasteiger partial charge in [-0.1, -0.05) is 90.8 Å². The average Bonchev–Trinajstić information content (AvgIpc) is 3.02. The van der Waals surface area contributed by atoms with Crippen molar-refractivity contribution in [2.24, 2.45) is 35.5 Å². The van der Waals surface area contributed by atoms with Crippen LogP contribution in [0.3, 0.4) is 0 Å². The van der Waals surface area contributed by atoms with Gasteiger partial charge in [0.15, 0.2) is 0 Å². The predicted molar refractivity (Wildman–Crippen MR) is 187 cm³/mol. The quantitative estimate of drug-likeness (QED) is 0.179. The van der Waals surface area contributed by atoms with Gasteiger partial charge in [0.05, 0.1) is 22.8 Å². The summed E-state index contributed by atoms with van der Waals surface area (Å²) in [6.45, 7) is 13.3. The smallest absolute Gasteiger partial charge is 0.411 e. The fourth-order valence-corrected chi connectivity index (χ4v) is 10.8. The lowest BCUT2D eigenvalue weighted by Crippen LogP contribution is -2.35. The molecule has 0 saturated heterocycles. The van der Waals surface area contributed by atoms with Gasteiger partial charge in [-0.25, -0.2) is 9.13 Å². The van der Waals surface area contributed by atoms with Crippen LogP contribution in [-0.4, -0.2) is 12.2 Å². The van der Waals surface area contributed by atoms with Crippen molar-refractivity contribution in [3.8, 4) is 11.5 Å². The summed E-state index contributed by atoms with van der Waals surface area (Å²) < 4.78 is 54.9. The summed E-state index contributed by atoms with van der Waals surface area (Å²) in [7, 11) is -7.47. The van der Waals surface area contributed by atoms with E-state index in [1.165, 1.54) is 0 Å². The van der Waals surface area contributed by atoms with E-state index in [4.69, 9.17) is 18.1 Å². The highest BCUT2D eigenvalue weighted by atomic mass is 31.2. The molecule has 0 aromatic heterocycles. The fraction of sp³-hybridized carbons (Fsp3) is 0.526. The van der Waals surface area contributed by atoms with Crippen molar-refractivity contribution in [3.05, 3.63) is 84.9 Å². The largest absolute Gasteiger partial charge is 0.421 e. The van der Waals surface area contributed by atoms with Crippen molar-refractivity contribution in [1.29, 1.82) is 0 Å². The number of rotatable bonds is 12. The molecular weight excluding hydrogens is 614 g/mol. The molecule has 2 fully saturated rings. The van der Waals surface area contributed by atoms with E-state index < -0.39 is 15.2 Å².